The maximum absolute atomic E-state index is 11.3. The zero-order valence-electron chi connectivity index (χ0n) is 16.7. The second-order valence-corrected chi connectivity index (χ2v) is 11.5. The fraction of sp³-hybridized carbons (Fsp3) is 0.750. The van der Waals surface area contributed by atoms with Gasteiger partial charge in [-0.2, -0.15) is 0 Å². The number of rotatable bonds is 1. The van der Waals surface area contributed by atoms with Crippen molar-refractivity contribution in [2.75, 3.05) is 0 Å². The van der Waals surface area contributed by atoms with Crippen LogP contribution in [0.1, 0.15) is 70.1 Å². The van der Waals surface area contributed by atoms with Crippen LogP contribution in [0.4, 0.5) is 0 Å². The maximum Gasteiger partial charge on any atom is 0.0810 e. The van der Waals surface area contributed by atoms with Crippen molar-refractivity contribution in [3.05, 3.63) is 28.0 Å². The third-order valence-electron chi connectivity index (χ3n) is 9.38. The predicted octanol–water partition coefficient (Wildman–Crippen LogP) is 5.51. The first kappa shape index (κ1) is 18.4. The molecule has 0 aromatic carbocycles. The molecule has 0 radical (unpaired) electrons. The Labute approximate surface area is 167 Å². The topological polar surface area (TPSA) is 40.5 Å². The zero-order valence-corrected chi connectivity index (χ0v) is 17.5. The van der Waals surface area contributed by atoms with Crippen molar-refractivity contribution in [3.63, 3.8) is 0 Å². The van der Waals surface area contributed by atoms with E-state index in [0.29, 0.717) is 17.3 Å². The summed E-state index contributed by atoms with van der Waals surface area (Å²) in [5.74, 6) is 2.88. The van der Waals surface area contributed by atoms with Crippen molar-refractivity contribution in [1.82, 2.24) is 0 Å². The second-order valence-electron chi connectivity index (χ2n) is 10.5. The number of hydrogen-bond acceptors (Lipinski definition) is 3. The van der Waals surface area contributed by atoms with Crippen LogP contribution in [0, 0.1) is 34.5 Å². The van der Waals surface area contributed by atoms with E-state index < -0.39 is 0 Å². The molecule has 4 fully saturated rings. The fourth-order valence-corrected chi connectivity index (χ4v) is 8.48. The van der Waals surface area contributed by atoms with Crippen LogP contribution in [-0.2, 0) is 0 Å². The number of aliphatic hydroxyl groups excluding tert-OH is 2. The molecule has 3 heteroatoms. The molecule has 27 heavy (non-hydrogen) atoms. The molecule has 0 spiro atoms. The molecule has 8 atom stereocenters. The molecule has 4 saturated carbocycles. The molecule has 148 valence electrons. The SMILES string of the molecule is C[C@]12CCC(O)CC1CCC1C2CC[C@]2(C)C(O)/C(=C/c3cccs3)CC12. The average molecular weight is 387 g/mol. The Morgan fingerprint density at radius 1 is 1.04 bits per heavy atom. The molecule has 0 saturated heterocycles. The summed E-state index contributed by atoms with van der Waals surface area (Å²) in [5, 5.41) is 23.6. The Balaban J connectivity index is 1.45. The van der Waals surface area contributed by atoms with Gasteiger partial charge in [-0.1, -0.05) is 19.9 Å². The molecule has 1 heterocycles. The van der Waals surface area contributed by atoms with E-state index in [9.17, 15) is 10.2 Å². The molecular formula is C24H34O2S. The van der Waals surface area contributed by atoms with E-state index >= 15 is 0 Å². The normalized spacial score (nSPS) is 50.9. The lowest BCUT2D eigenvalue weighted by atomic mass is 9.45. The smallest absolute Gasteiger partial charge is 0.0810 e. The quantitative estimate of drug-likeness (QED) is 0.668. The third-order valence-corrected chi connectivity index (χ3v) is 10.2. The molecule has 0 bridgehead atoms. The van der Waals surface area contributed by atoms with Crippen molar-refractivity contribution < 1.29 is 10.2 Å². The minimum Gasteiger partial charge on any atom is -0.393 e. The highest BCUT2D eigenvalue weighted by atomic mass is 32.1. The lowest BCUT2D eigenvalue weighted by Gasteiger charge is -2.60. The van der Waals surface area contributed by atoms with E-state index in [0.717, 1.165) is 37.5 Å². The molecule has 0 amide bonds. The van der Waals surface area contributed by atoms with Gasteiger partial charge in [-0.25, -0.2) is 0 Å². The Morgan fingerprint density at radius 2 is 1.85 bits per heavy atom. The summed E-state index contributed by atoms with van der Waals surface area (Å²) in [4.78, 5) is 1.28. The van der Waals surface area contributed by atoms with Crippen LogP contribution >= 0.6 is 11.3 Å². The average Bonchev–Trinajstić information content (AvgIpc) is 3.24. The lowest BCUT2D eigenvalue weighted by Crippen LogP contribution is -2.54. The predicted molar refractivity (Wildman–Crippen MR) is 111 cm³/mol. The van der Waals surface area contributed by atoms with Gasteiger partial charge in [0.05, 0.1) is 12.2 Å². The minimum absolute atomic E-state index is 0.0572. The largest absolute Gasteiger partial charge is 0.393 e. The van der Waals surface area contributed by atoms with Gasteiger partial charge >= 0.3 is 0 Å². The van der Waals surface area contributed by atoms with Gasteiger partial charge in [0.15, 0.2) is 0 Å². The van der Waals surface area contributed by atoms with Gasteiger partial charge in [0.2, 0.25) is 0 Å². The van der Waals surface area contributed by atoms with Crippen LogP contribution < -0.4 is 0 Å². The van der Waals surface area contributed by atoms with Gasteiger partial charge < -0.3 is 10.2 Å². The van der Waals surface area contributed by atoms with E-state index in [1.807, 2.05) is 0 Å². The molecule has 4 aliphatic rings. The Kier molecular flexibility index (Phi) is 4.38. The molecule has 1 aromatic rings. The number of thiophene rings is 1. The van der Waals surface area contributed by atoms with E-state index in [4.69, 9.17) is 0 Å². The van der Waals surface area contributed by atoms with Gasteiger partial charge in [0.1, 0.15) is 0 Å². The van der Waals surface area contributed by atoms with Crippen LogP contribution in [-0.4, -0.2) is 22.4 Å². The molecule has 0 aliphatic heterocycles. The summed E-state index contributed by atoms with van der Waals surface area (Å²) < 4.78 is 0. The van der Waals surface area contributed by atoms with Gasteiger partial charge in [0.25, 0.3) is 0 Å². The number of aliphatic hydroxyl groups is 2. The maximum atomic E-state index is 11.3. The summed E-state index contributed by atoms with van der Waals surface area (Å²) in [5.41, 5.74) is 1.74. The van der Waals surface area contributed by atoms with Gasteiger partial charge in [0, 0.05) is 10.3 Å². The van der Waals surface area contributed by atoms with Crippen molar-refractivity contribution in [1.29, 1.82) is 0 Å². The highest BCUT2D eigenvalue weighted by Gasteiger charge is 2.61. The summed E-state index contributed by atoms with van der Waals surface area (Å²) in [6, 6.07) is 4.26. The summed E-state index contributed by atoms with van der Waals surface area (Å²) >= 11 is 1.77. The molecule has 5 rings (SSSR count). The molecule has 1 aromatic heterocycles. The van der Waals surface area contributed by atoms with Crippen molar-refractivity contribution in [2.24, 2.45) is 34.5 Å². The van der Waals surface area contributed by atoms with Crippen LogP contribution in [0.2, 0.25) is 0 Å². The minimum atomic E-state index is -0.274. The van der Waals surface area contributed by atoms with E-state index in [1.165, 1.54) is 36.1 Å². The summed E-state index contributed by atoms with van der Waals surface area (Å²) in [6.07, 6.45) is 11.2. The van der Waals surface area contributed by atoms with Crippen LogP contribution in [0.5, 0.6) is 0 Å². The van der Waals surface area contributed by atoms with E-state index in [1.54, 1.807) is 11.3 Å². The monoisotopic (exact) mass is 386 g/mol. The Hall–Kier alpha value is -0.640. The summed E-state index contributed by atoms with van der Waals surface area (Å²) in [7, 11) is 0. The van der Waals surface area contributed by atoms with E-state index in [2.05, 4.69) is 37.4 Å². The van der Waals surface area contributed by atoms with Crippen molar-refractivity contribution in [2.45, 2.75) is 77.4 Å². The Morgan fingerprint density at radius 3 is 2.63 bits per heavy atom. The number of fused-ring (bicyclic) bond motifs is 5. The van der Waals surface area contributed by atoms with Gasteiger partial charge in [-0.05, 0) is 104 Å². The first-order chi connectivity index (χ1) is 12.9. The van der Waals surface area contributed by atoms with Gasteiger partial charge in [-0.3, -0.25) is 0 Å². The van der Waals surface area contributed by atoms with Crippen molar-refractivity contribution >= 4 is 17.4 Å². The van der Waals surface area contributed by atoms with Gasteiger partial charge in [-0.15, -0.1) is 11.3 Å². The molecule has 2 nitrogen and oxygen atoms in total. The standard InChI is InChI=1S/C24H34O2S/c1-23-9-7-17(25)14-16(23)5-6-19-20(23)8-10-24(2)21(19)13-15(22(24)26)12-18-4-3-11-27-18/h3-4,11-12,16-17,19-22,25-26H,5-10,13-14H2,1-2H3/b15-12+/t16?,17?,19?,20?,21?,22?,23-,24-/m0/s1. The van der Waals surface area contributed by atoms with Crippen LogP contribution in [0.25, 0.3) is 6.08 Å². The number of hydrogen-bond donors (Lipinski definition) is 2. The van der Waals surface area contributed by atoms with E-state index in [-0.39, 0.29) is 17.6 Å². The second kappa shape index (κ2) is 6.43. The third kappa shape index (κ3) is 2.72. The molecule has 4 aliphatic carbocycles. The highest BCUT2D eigenvalue weighted by Crippen LogP contribution is 2.67. The Bertz CT molecular complexity index is 725. The van der Waals surface area contributed by atoms with Crippen LogP contribution in [0.15, 0.2) is 23.1 Å². The lowest BCUT2D eigenvalue weighted by molar-refractivity contribution is -0.133. The van der Waals surface area contributed by atoms with Crippen LogP contribution in [0.3, 0.4) is 0 Å². The molecule has 2 N–H and O–H groups in total. The first-order valence-electron chi connectivity index (χ1n) is 11.0. The highest BCUT2D eigenvalue weighted by molar-refractivity contribution is 7.10. The molecular weight excluding hydrogens is 352 g/mol. The zero-order chi connectivity index (χ0) is 18.8. The first-order valence-corrected chi connectivity index (χ1v) is 11.9. The fourth-order valence-electron chi connectivity index (χ4n) is 7.79. The molecule has 6 unspecified atom stereocenters. The summed E-state index contributed by atoms with van der Waals surface area (Å²) in [6.45, 7) is 4.91. The van der Waals surface area contributed by atoms with Crippen molar-refractivity contribution in [3.8, 4) is 0 Å².